The first-order valence-corrected chi connectivity index (χ1v) is 7.42. The van der Waals surface area contributed by atoms with E-state index in [1.807, 2.05) is 26.2 Å². The molecule has 0 aliphatic rings. The first-order valence-electron chi connectivity index (χ1n) is 7.42. The van der Waals surface area contributed by atoms with E-state index in [0.717, 1.165) is 48.8 Å². The Morgan fingerprint density at radius 1 is 1.14 bits per heavy atom. The summed E-state index contributed by atoms with van der Waals surface area (Å²) in [6, 6.07) is 4.05. The van der Waals surface area contributed by atoms with Crippen LogP contribution in [0.1, 0.15) is 30.3 Å². The zero-order valence-corrected chi connectivity index (χ0v) is 13.0. The molecule has 0 aliphatic carbocycles. The van der Waals surface area contributed by atoms with Gasteiger partial charge >= 0.3 is 0 Å². The van der Waals surface area contributed by atoms with E-state index in [9.17, 15) is 0 Å². The Kier molecular flexibility index (Phi) is 5.49. The fourth-order valence-electron chi connectivity index (χ4n) is 2.19. The molecular weight excluding hydrogens is 262 g/mol. The summed E-state index contributed by atoms with van der Waals surface area (Å²) < 4.78 is 0. The molecule has 0 atom stereocenters. The third kappa shape index (κ3) is 4.15. The third-order valence-corrected chi connectivity index (χ3v) is 3.33. The molecule has 2 aromatic heterocycles. The van der Waals surface area contributed by atoms with Gasteiger partial charge in [0, 0.05) is 38.0 Å². The summed E-state index contributed by atoms with van der Waals surface area (Å²) in [7, 11) is 1.89. The van der Waals surface area contributed by atoms with E-state index in [0.29, 0.717) is 0 Å². The lowest BCUT2D eigenvalue weighted by atomic mass is 10.2. The predicted molar refractivity (Wildman–Crippen MR) is 86.7 cm³/mol. The molecule has 5 heteroatoms. The van der Waals surface area contributed by atoms with Crippen LogP contribution in [-0.2, 0) is 12.8 Å². The molecule has 2 N–H and O–H groups in total. The van der Waals surface area contributed by atoms with Gasteiger partial charge in [0.15, 0.2) is 0 Å². The number of hydrogen-bond acceptors (Lipinski definition) is 5. The Bertz CT molecular complexity index is 568. The fraction of sp³-hybridized carbons (Fsp3) is 0.438. The van der Waals surface area contributed by atoms with Gasteiger partial charge in [0.2, 0.25) is 0 Å². The van der Waals surface area contributed by atoms with Gasteiger partial charge in [-0.3, -0.25) is 4.98 Å². The van der Waals surface area contributed by atoms with Crippen molar-refractivity contribution in [3.63, 3.8) is 0 Å². The van der Waals surface area contributed by atoms with Crippen molar-refractivity contribution in [3.05, 3.63) is 41.5 Å². The minimum absolute atomic E-state index is 0.832. The van der Waals surface area contributed by atoms with Crippen LogP contribution >= 0.6 is 0 Å². The van der Waals surface area contributed by atoms with Gasteiger partial charge < -0.3 is 10.6 Å². The topological polar surface area (TPSA) is 62.7 Å². The van der Waals surface area contributed by atoms with Crippen molar-refractivity contribution < 1.29 is 0 Å². The lowest BCUT2D eigenvalue weighted by Gasteiger charge is -2.13. The highest BCUT2D eigenvalue weighted by molar-refractivity contribution is 5.57. The lowest BCUT2D eigenvalue weighted by molar-refractivity contribution is 0.830. The average Bonchev–Trinajstić information content (AvgIpc) is 2.51. The molecule has 5 nitrogen and oxygen atoms in total. The van der Waals surface area contributed by atoms with Crippen molar-refractivity contribution in [2.24, 2.45) is 0 Å². The van der Waals surface area contributed by atoms with E-state index in [-0.39, 0.29) is 0 Å². The molecule has 0 saturated carbocycles. The van der Waals surface area contributed by atoms with E-state index in [2.05, 4.69) is 38.6 Å². The van der Waals surface area contributed by atoms with E-state index < -0.39 is 0 Å². The smallest absolute Gasteiger partial charge is 0.134 e. The number of aryl methyl sites for hydroxylation is 1. The first kappa shape index (κ1) is 15.2. The van der Waals surface area contributed by atoms with Crippen molar-refractivity contribution in [1.29, 1.82) is 0 Å². The van der Waals surface area contributed by atoms with Crippen LogP contribution in [0, 0.1) is 6.92 Å². The van der Waals surface area contributed by atoms with Gasteiger partial charge in [0.1, 0.15) is 17.5 Å². The van der Waals surface area contributed by atoms with E-state index in [4.69, 9.17) is 0 Å². The SMILES string of the molecule is CCCc1nc(NC)c(C)c(NCCc2cccnc2)n1. The van der Waals surface area contributed by atoms with Crippen LogP contribution in [0.5, 0.6) is 0 Å². The number of anilines is 2. The molecule has 0 spiro atoms. The highest BCUT2D eigenvalue weighted by Crippen LogP contribution is 2.20. The molecular formula is C16H23N5. The van der Waals surface area contributed by atoms with Crippen molar-refractivity contribution in [1.82, 2.24) is 15.0 Å². The zero-order chi connectivity index (χ0) is 15.1. The highest BCUT2D eigenvalue weighted by Gasteiger charge is 2.09. The number of aromatic nitrogens is 3. The molecule has 0 unspecified atom stereocenters. The van der Waals surface area contributed by atoms with E-state index >= 15 is 0 Å². The van der Waals surface area contributed by atoms with Crippen LogP contribution in [0.2, 0.25) is 0 Å². The maximum Gasteiger partial charge on any atom is 0.134 e. The number of nitrogens with one attached hydrogen (secondary N) is 2. The molecule has 21 heavy (non-hydrogen) atoms. The average molecular weight is 285 g/mol. The summed E-state index contributed by atoms with van der Waals surface area (Å²) in [6.07, 6.45) is 6.56. The Hall–Kier alpha value is -2.17. The largest absolute Gasteiger partial charge is 0.373 e. The second-order valence-corrected chi connectivity index (χ2v) is 5.00. The standard InChI is InChI=1S/C16H23N5/c1-4-6-14-20-15(17-3)12(2)16(21-14)19-10-8-13-7-5-9-18-11-13/h5,7,9,11H,4,6,8,10H2,1-3H3,(H2,17,19,20,21). The Labute approximate surface area is 126 Å². The Balaban J connectivity index is 2.06. The summed E-state index contributed by atoms with van der Waals surface area (Å²) in [4.78, 5) is 13.3. The summed E-state index contributed by atoms with van der Waals surface area (Å²) in [6.45, 7) is 5.00. The van der Waals surface area contributed by atoms with Crippen LogP contribution in [0.25, 0.3) is 0 Å². The van der Waals surface area contributed by atoms with Gasteiger partial charge in [0.05, 0.1) is 0 Å². The molecule has 2 rings (SSSR count). The van der Waals surface area contributed by atoms with Crippen molar-refractivity contribution in [2.75, 3.05) is 24.2 Å². The summed E-state index contributed by atoms with van der Waals surface area (Å²) in [5, 5.41) is 6.56. The molecule has 0 aliphatic heterocycles. The molecule has 0 aromatic carbocycles. The van der Waals surface area contributed by atoms with Gasteiger partial charge in [-0.15, -0.1) is 0 Å². The highest BCUT2D eigenvalue weighted by atomic mass is 15.1. The minimum Gasteiger partial charge on any atom is -0.373 e. The minimum atomic E-state index is 0.832. The molecule has 0 fully saturated rings. The summed E-state index contributed by atoms with van der Waals surface area (Å²) >= 11 is 0. The van der Waals surface area contributed by atoms with Gasteiger partial charge in [-0.2, -0.15) is 0 Å². The molecule has 0 radical (unpaired) electrons. The van der Waals surface area contributed by atoms with Crippen LogP contribution < -0.4 is 10.6 Å². The molecule has 2 aromatic rings. The summed E-state index contributed by atoms with van der Waals surface area (Å²) in [5.74, 6) is 2.70. The van der Waals surface area contributed by atoms with Crippen LogP contribution in [0.15, 0.2) is 24.5 Å². The van der Waals surface area contributed by atoms with E-state index in [1.165, 1.54) is 5.56 Å². The predicted octanol–water partition coefficient (Wildman–Crippen LogP) is 2.83. The van der Waals surface area contributed by atoms with Crippen molar-refractivity contribution in [3.8, 4) is 0 Å². The molecule has 112 valence electrons. The first-order chi connectivity index (χ1) is 10.2. The summed E-state index contributed by atoms with van der Waals surface area (Å²) in [5.41, 5.74) is 2.28. The maximum absolute atomic E-state index is 4.62. The van der Waals surface area contributed by atoms with Crippen molar-refractivity contribution >= 4 is 11.6 Å². The molecule has 2 heterocycles. The van der Waals surface area contributed by atoms with Gasteiger partial charge in [-0.05, 0) is 31.4 Å². The Morgan fingerprint density at radius 2 is 1.95 bits per heavy atom. The van der Waals surface area contributed by atoms with Gasteiger partial charge in [0.25, 0.3) is 0 Å². The Morgan fingerprint density at radius 3 is 2.62 bits per heavy atom. The molecule has 0 amide bonds. The molecule has 0 saturated heterocycles. The van der Waals surface area contributed by atoms with E-state index in [1.54, 1.807) is 6.20 Å². The number of hydrogen-bond donors (Lipinski definition) is 2. The van der Waals surface area contributed by atoms with Crippen LogP contribution in [0.4, 0.5) is 11.6 Å². The fourth-order valence-corrected chi connectivity index (χ4v) is 2.19. The zero-order valence-electron chi connectivity index (χ0n) is 13.0. The lowest BCUT2D eigenvalue weighted by Crippen LogP contribution is -2.12. The second-order valence-electron chi connectivity index (χ2n) is 5.00. The maximum atomic E-state index is 4.62. The molecule has 0 bridgehead atoms. The normalized spacial score (nSPS) is 10.4. The van der Waals surface area contributed by atoms with Gasteiger partial charge in [-0.1, -0.05) is 13.0 Å². The second kappa shape index (κ2) is 7.57. The number of nitrogens with zero attached hydrogens (tertiary/aromatic N) is 3. The quantitative estimate of drug-likeness (QED) is 0.819. The van der Waals surface area contributed by atoms with Gasteiger partial charge in [-0.25, -0.2) is 9.97 Å². The van der Waals surface area contributed by atoms with Crippen LogP contribution in [-0.4, -0.2) is 28.5 Å². The number of pyridine rings is 1. The number of rotatable bonds is 7. The van der Waals surface area contributed by atoms with Crippen molar-refractivity contribution in [2.45, 2.75) is 33.1 Å². The monoisotopic (exact) mass is 285 g/mol. The van der Waals surface area contributed by atoms with Crippen LogP contribution in [0.3, 0.4) is 0 Å². The third-order valence-electron chi connectivity index (χ3n) is 3.33.